The van der Waals surface area contributed by atoms with Crippen molar-refractivity contribution in [2.75, 3.05) is 0 Å². The van der Waals surface area contributed by atoms with Gasteiger partial charge in [0.05, 0.1) is 11.1 Å². The van der Waals surface area contributed by atoms with Crippen molar-refractivity contribution in [1.82, 2.24) is 9.97 Å². The number of benzene rings is 2. The molecule has 0 fully saturated rings. The summed E-state index contributed by atoms with van der Waals surface area (Å²) in [5, 5.41) is 0. The summed E-state index contributed by atoms with van der Waals surface area (Å²) >= 11 is 7.31. The zero-order valence-electron chi connectivity index (χ0n) is 15.7. The van der Waals surface area contributed by atoms with Crippen molar-refractivity contribution in [3.8, 4) is 34.8 Å². The lowest BCUT2D eigenvalue weighted by Gasteiger charge is -2.11. The predicted molar refractivity (Wildman–Crippen MR) is 128 cm³/mol. The second-order valence-electron chi connectivity index (χ2n) is 6.32. The summed E-state index contributed by atoms with van der Waals surface area (Å²) < 4.78 is 1.69. The van der Waals surface area contributed by atoms with Gasteiger partial charge in [-0.1, -0.05) is 60.1 Å². The standard InChI is InChI=1S/C26H14Br2N2/c27-23-17-29-15-21(13-11-19-7-3-1-4-8-19)25(23)26-22(16-30-18-24(26)28)14-12-20-9-5-2-6-10-20/h1-10,15-18H. The molecule has 4 aromatic rings. The number of hydrogen-bond donors (Lipinski definition) is 0. The first-order valence-electron chi connectivity index (χ1n) is 9.14. The number of nitrogens with zero attached hydrogens (tertiary/aromatic N) is 2. The van der Waals surface area contributed by atoms with E-state index in [2.05, 4.69) is 65.5 Å². The van der Waals surface area contributed by atoms with E-state index in [1.807, 2.05) is 60.7 Å². The zero-order valence-corrected chi connectivity index (χ0v) is 18.9. The number of halogens is 2. The molecule has 0 bridgehead atoms. The van der Waals surface area contributed by atoms with Crippen molar-refractivity contribution in [3.05, 3.63) is 117 Å². The van der Waals surface area contributed by atoms with Gasteiger partial charge < -0.3 is 0 Å². The van der Waals surface area contributed by atoms with Gasteiger partial charge >= 0.3 is 0 Å². The second kappa shape index (κ2) is 9.55. The van der Waals surface area contributed by atoms with Crippen LogP contribution < -0.4 is 0 Å². The van der Waals surface area contributed by atoms with Gasteiger partial charge in [0.1, 0.15) is 0 Å². The van der Waals surface area contributed by atoms with Crippen LogP contribution in [0.15, 0.2) is 94.4 Å². The number of hydrogen-bond acceptors (Lipinski definition) is 2. The van der Waals surface area contributed by atoms with Crippen molar-refractivity contribution >= 4 is 31.9 Å². The summed E-state index contributed by atoms with van der Waals surface area (Å²) in [6.07, 6.45) is 7.09. The minimum absolute atomic E-state index is 0.808. The second-order valence-corrected chi connectivity index (χ2v) is 8.03. The summed E-state index contributed by atoms with van der Waals surface area (Å²) in [6.45, 7) is 0. The summed E-state index contributed by atoms with van der Waals surface area (Å²) in [5.74, 6) is 13.0. The van der Waals surface area contributed by atoms with Gasteiger partial charge in [-0.2, -0.15) is 0 Å². The fourth-order valence-electron chi connectivity index (χ4n) is 2.89. The van der Waals surface area contributed by atoms with Gasteiger partial charge in [0.25, 0.3) is 0 Å². The Bertz CT molecular complexity index is 1200. The van der Waals surface area contributed by atoms with Gasteiger partial charge in [0, 0.05) is 56.0 Å². The van der Waals surface area contributed by atoms with Gasteiger partial charge in [-0.15, -0.1) is 0 Å². The van der Waals surface area contributed by atoms with Crippen LogP contribution in [0.4, 0.5) is 0 Å². The molecule has 142 valence electrons. The summed E-state index contributed by atoms with van der Waals surface area (Å²) in [5.41, 5.74) is 5.37. The Kier molecular flexibility index (Phi) is 6.40. The van der Waals surface area contributed by atoms with Crippen molar-refractivity contribution < 1.29 is 0 Å². The monoisotopic (exact) mass is 512 g/mol. The molecule has 0 N–H and O–H groups in total. The lowest BCUT2D eigenvalue weighted by atomic mass is 9.98. The van der Waals surface area contributed by atoms with Crippen LogP contribution in [0, 0.1) is 23.7 Å². The van der Waals surface area contributed by atoms with E-state index in [0.29, 0.717) is 0 Å². The fourth-order valence-corrected chi connectivity index (χ4v) is 3.95. The molecule has 0 aliphatic heterocycles. The quantitative estimate of drug-likeness (QED) is 0.273. The molecule has 0 saturated heterocycles. The van der Waals surface area contributed by atoms with E-state index in [9.17, 15) is 0 Å². The van der Waals surface area contributed by atoms with Crippen molar-refractivity contribution in [2.45, 2.75) is 0 Å². The van der Waals surface area contributed by atoms with E-state index in [-0.39, 0.29) is 0 Å². The molecule has 0 amide bonds. The smallest absolute Gasteiger partial charge is 0.0523 e. The molecule has 2 aromatic heterocycles. The first-order valence-corrected chi connectivity index (χ1v) is 10.7. The zero-order chi connectivity index (χ0) is 20.8. The first kappa shape index (κ1) is 20.1. The molecule has 30 heavy (non-hydrogen) atoms. The van der Waals surface area contributed by atoms with E-state index in [4.69, 9.17) is 0 Å². The lowest BCUT2D eigenvalue weighted by Crippen LogP contribution is -1.94. The van der Waals surface area contributed by atoms with Gasteiger partial charge in [0.15, 0.2) is 0 Å². The molecule has 2 nitrogen and oxygen atoms in total. The highest BCUT2D eigenvalue weighted by molar-refractivity contribution is 9.11. The summed E-state index contributed by atoms with van der Waals surface area (Å²) in [4.78, 5) is 8.64. The number of pyridine rings is 2. The van der Waals surface area contributed by atoms with Gasteiger partial charge in [-0.25, -0.2) is 0 Å². The molecule has 0 unspecified atom stereocenters. The van der Waals surface area contributed by atoms with E-state index >= 15 is 0 Å². The molecule has 0 spiro atoms. The lowest BCUT2D eigenvalue weighted by molar-refractivity contribution is 1.26. The van der Waals surface area contributed by atoms with Crippen LogP contribution in [0.5, 0.6) is 0 Å². The molecule has 0 atom stereocenters. The van der Waals surface area contributed by atoms with Crippen molar-refractivity contribution in [3.63, 3.8) is 0 Å². The fraction of sp³-hybridized carbons (Fsp3) is 0. The molecule has 2 aromatic carbocycles. The molecule has 4 rings (SSSR count). The SMILES string of the molecule is Brc1cncc(C#Cc2ccccc2)c1-c1c(Br)cncc1C#Cc1ccccc1. The van der Waals surface area contributed by atoms with Gasteiger partial charge in [0.2, 0.25) is 0 Å². The Hall–Kier alpha value is -3.18. The minimum Gasteiger partial charge on any atom is -0.262 e. The van der Waals surface area contributed by atoms with Crippen LogP contribution in [0.1, 0.15) is 22.3 Å². The van der Waals surface area contributed by atoms with E-state index < -0.39 is 0 Å². The molecule has 0 radical (unpaired) electrons. The third-order valence-electron chi connectivity index (χ3n) is 4.28. The summed E-state index contributed by atoms with van der Waals surface area (Å²) in [7, 11) is 0. The average Bonchev–Trinajstić information content (AvgIpc) is 2.78. The Morgan fingerprint density at radius 3 is 1.30 bits per heavy atom. The number of rotatable bonds is 1. The Morgan fingerprint density at radius 1 is 0.500 bits per heavy atom. The topological polar surface area (TPSA) is 25.8 Å². The van der Waals surface area contributed by atoms with Crippen LogP contribution in [-0.2, 0) is 0 Å². The normalized spacial score (nSPS) is 9.80. The molecule has 2 heterocycles. The first-order chi connectivity index (χ1) is 14.7. The largest absolute Gasteiger partial charge is 0.262 e. The summed E-state index contributed by atoms with van der Waals surface area (Å²) in [6, 6.07) is 19.8. The molecule has 0 saturated carbocycles. The molecule has 4 heteroatoms. The Labute approximate surface area is 192 Å². The molecule has 0 aliphatic rings. The Balaban J connectivity index is 1.86. The van der Waals surface area contributed by atoms with Crippen LogP contribution in [0.3, 0.4) is 0 Å². The molecular formula is C26H14Br2N2. The molecular weight excluding hydrogens is 500 g/mol. The maximum atomic E-state index is 4.32. The van der Waals surface area contributed by atoms with Crippen LogP contribution in [0.2, 0.25) is 0 Å². The number of aromatic nitrogens is 2. The van der Waals surface area contributed by atoms with E-state index in [1.54, 1.807) is 24.8 Å². The van der Waals surface area contributed by atoms with Crippen LogP contribution >= 0.6 is 31.9 Å². The van der Waals surface area contributed by atoms with Crippen LogP contribution in [0.25, 0.3) is 11.1 Å². The van der Waals surface area contributed by atoms with Gasteiger partial charge in [-0.3, -0.25) is 9.97 Å². The van der Waals surface area contributed by atoms with E-state index in [0.717, 1.165) is 42.3 Å². The minimum atomic E-state index is 0.808. The highest BCUT2D eigenvalue weighted by Gasteiger charge is 2.16. The van der Waals surface area contributed by atoms with Crippen LogP contribution in [-0.4, -0.2) is 9.97 Å². The average molecular weight is 514 g/mol. The van der Waals surface area contributed by atoms with E-state index in [1.165, 1.54) is 0 Å². The highest BCUT2D eigenvalue weighted by Crippen LogP contribution is 2.37. The van der Waals surface area contributed by atoms with Crippen molar-refractivity contribution in [2.24, 2.45) is 0 Å². The van der Waals surface area contributed by atoms with Gasteiger partial charge in [-0.05, 0) is 56.1 Å². The van der Waals surface area contributed by atoms with Crippen molar-refractivity contribution in [1.29, 1.82) is 0 Å². The third kappa shape index (κ3) is 4.69. The molecule has 0 aliphatic carbocycles. The maximum Gasteiger partial charge on any atom is 0.0523 e. The highest BCUT2D eigenvalue weighted by atomic mass is 79.9. The Morgan fingerprint density at radius 2 is 0.900 bits per heavy atom. The maximum absolute atomic E-state index is 4.32. The third-order valence-corrected chi connectivity index (χ3v) is 5.48. The predicted octanol–water partition coefficient (Wildman–Crippen LogP) is 6.47.